The van der Waals surface area contributed by atoms with Gasteiger partial charge < -0.3 is 19.5 Å². The van der Waals surface area contributed by atoms with Crippen molar-refractivity contribution in [2.45, 2.75) is 13.8 Å². The molecule has 10 heteroatoms. The number of hydrogen-bond donors (Lipinski definition) is 1. The Morgan fingerprint density at radius 2 is 1.63 bits per heavy atom. The first kappa shape index (κ1) is 21.2. The maximum Gasteiger partial charge on any atom is 0.348 e. The predicted octanol–water partition coefficient (Wildman–Crippen LogP) is 3.49. The van der Waals surface area contributed by atoms with E-state index in [9.17, 15) is 14.4 Å². The zero-order chi connectivity index (χ0) is 21.8. The molecule has 0 amide bonds. The quantitative estimate of drug-likeness (QED) is 0.464. The number of nitrogens with one attached hydrogen (secondary N) is 1. The van der Waals surface area contributed by atoms with Gasteiger partial charge in [0.25, 0.3) is 0 Å². The molecule has 0 atom stereocenters. The third-order valence-electron chi connectivity index (χ3n) is 4.23. The Hall–Kier alpha value is -3.53. The van der Waals surface area contributed by atoms with E-state index >= 15 is 0 Å². The van der Waals surface area contributed by atoms with Crippen LogP contribution in [0.3, 0.4) is 0 Å². The Kier molecular flexibility index (Phi) is 6.26. The molecule has 0 radical (unpaired) electrons. The molecule has 3 rings (SSSR count). The standard InChI is InChI=1S/C20H19N3O6S/c1-5-29-20(26)15-10(2)14-16(21-9-22-17(14)30-15)23-13-7-11(18(24)27-3)6-12(8-13)19(25)28-4/h6-9H,5H2,1-4H3,(H,21,22,23). The lowest BCUT2D eigenvalue weighted by molar-refractivity contribution is 0.0529. The van der Waals surface area contributed by atoms with Crippen molar-refractivity contribution in [2.24, 2.45) is 0 Å². The van der Waals surface area contributed by atoms with Gasteiger partial charge in [0.15, 0.2) is 0 Å². The summed E-state index contributed by atoms with van der Waals surface area (Å²) in [5.74, 6) is -1.22. The summed E-state index contributed by atoms with van der Waals surface area (Å²) < 4.78 is 14.6. The number of hydrogen-bond acceptors (Lipinski definition) is 10. The lowest BCUT2D eigenvalue weighted by Crippen LogP contribution is -2.08. The Balaban J connectivity index is 2.08. The van der Waals surface area contributed by atoms with E-state index in [4.69, 9.17) is 14.2 Å². The number of carbonyl (C=O) groups excluding carboxylic acids is 3. The molecule has 1 N–H and O–H groups in total. The first-order valence-corrected chi connectivity index (χ1v) is 9.71. The maximum atomic E-state index is 12.2. The van der Waals surface area contributed by atoms with Gasteiger partial charge in [-0.2, -0.15) is 0 Å². The van der Waals surface area contributed by atoms with E-state index in [-0.39, 0.29) is 17.7 Å². The van der Waals surface area contributed by atoms with E-state index in [1.54, 1.807) is 13.8 Å². The Bertz CT molecular complexity index is 1110. The Morgan fingerprint density at radius 1 is 1.00 bits per heavy atom. The highest BCUT2D eigenvalue weighted by molar-refractivity contribution is 7.20. The van der Waals surface area contributed by atoms with Crippen molar-refractivity contribution in [3.8, 4) is 0 Å². The SMILES string of the molecule is CCOC(=O)c1sc2ncnc(Nc3cc(C(=O)OC)cc(C(=O)OC)c3)c2c1C. The summed E-state index contributed by atoms with van der Waals surface area (Å²) in [5, 5.41) is 3.75. The molecule has 9 nitrogen and oxygen atoms in total. The molecule has 0 spiro atoms. The van der Waals surface area contributed by atoms with Crippen molar-refractivity contribution in [3.63, 3.8) is 0 Å². The molecule has 2 heterocycles. The molecule has 0 bridgehead atoms. The molecule has 0 unspecified atom stereocenters. The normalized spacial score (nSPS) is 10.5. The summed E-state index contributed by atoms with van der Waals surface area (Å²) in [6, 6.07) is 4.44. The van der Waals surface area contributed by atoms with Crippen LogP contribution in [-0.4, -0.2) is 48.7 Å². The number of esters is 3. The molecule has 30 heavy (non-hydrogen) atoms. The topological polar surface area (TPSA) is 117 Å². The molecular weight excluding hydrogens is 410 g/mol. The summed E-state index contributed by atoms with van der Waals surface area (Å²) in [5.41, 5.74) is 1.43. The van der Waals surface area contributed by atoms with Crippen molar-refractivity contribution in [1.82, 2.24) is 9.97 Å². The van der Waals surface area contributed by atoms with Crippen molar-refractivity contribution in [1.29, 1.82) is 0 Å². The Labute approximate surface area is 176 Å². The largest absolute Gasteiger partial charge is 0.465 e. The number of thiophene rings is 1. The van der Waals surface area contributed by atoms with Gasteiger partial charge in [-0.1, -0.05) is 0 Å². The van der Waals surface area contributed by atoms with Gasteiger partial charge in [-0.15, -0.1) is 11.3 Å². The zero-order valence-corrected chi connectivity index (χ0v) is 17.6. The van der Waals surface area contributed by atoms with E-state index in [1.165, 1.54) is 50.1 Å². The van der Waals surface area contributed by atoms with Crippen LogP contribution in [0.2, 0.25) is 0 Å². The van der Waals surface area contributed by atoms with Gasteiger partial charge in [0.2, 0.25) is 0 Å². The van der Waals surface area contributed by atoms with Gasteiger partial charge in [-0.25, -0.2) is 24.4 Å². The average molecular weight is 429 g/mol. The average Bonchev–Trinajstić information content (AvgIpc) is 3.10. The lowest BCUT2D eigenvalue weighted by atomic mass is 10.1. The van der Waals surface area contributed by atoms with Crippen LogP contribution >= 0.6 is 11.3 Å². The maximum absolute atomic E-state index is 12.2. The lowest BCUT2D eigenvalue weighted by Gasteiger charge is -2.11. The fourth-order valence-corrected chi connectivity index (χ4v) is 3.91. The summed E-state index contributed by atoms with van der Waals surface area (Å²) in [4.78, 5) is 45.8. The fraction of sp³-hybridized carbons (Fsp3) is 0.250. The Morgan fingerprint density at radius 3 is 2.20 bits per heavy atom. The number of ether oxygens (including phenoxy) is 3. The molecule has 1 aromatic carbocycles. The number of fused-ring (bicyclic) bond motifs is 1. The van der Waals surface area contributed by atoms with E-state index in [0.29, 0.717) is 32.2 Å². The van der Waals surface area contributed by atoms with Crippen LogP contribution in [0.5, 0.6) is 0 Å². The second kappa shape index (κ2) is 8.87. The van der Waals surface area contributed by atoms with Crippen LogP contribution in [0.25, 0.3) is 10.2 Å². The molecule has 0 fully saturated rings. The smallest absolute Gasteiger partial charge is 0.348 e. The molecule has 0 aliphatic heterocycles. The van der Waals surface area contributed by atoms with Crippen LogP contribution in [0.4, 0.5) is 11.5 Å². The fourth-order valence-electron chi connectivity index (χ4n) is 2.87. The minimum atomic E-state index is -0.604. The van der Waals surface area contributed by atoms with E-state index < -0.39 is 17.9 Å². The number of rotatable bonds is 6. The van der Waals surface area contributed by atoms with Gasteiger partial charge in [0, 0.05) is 5.69 Å². The number of carbonyl (C=O) groups is 3. The molecule has 0 saturated carbocycles. The predicted molar refractivity (Wildman–Crippen MR) is 111 cm³/mol. The number of aromatic nitrogens is 2. The highest BCUT2D eigenvalue weighted by Gasteiger charge is 2.21. The van der Waals surface area contributed by atoms with Gasteiger partial charge in [-0.3, -0.25) is 0 Å². The van der Waals surface area contributed by atoms with Gasteiger partial charge in [-0.05, 0) is 37.6 Å². The summed E-state index contributed by atoms with van der Waals surface area (Å²) >= 11 is 1.21. The van der Waals surface area contributed by atoms with Crippen LogP contribution in [0.1, 0.15) is 42.9 Å². The number of anilines is 2. The minimum Gasteiger partial charge on any atom is -0.465 e. The van der Waals surface area contributed by atoms with Crippen molar-refractivity contribution in [3.05, 3.63) is 46.1 Å². The van der Waals surface area contributed by atoms with E-state index in [0.717, 1.165) is 0 Å². The third-order valence-corrected chi connectivity index (χ3v) is 5.41. The van der Waals surface area contributed by atoms with Crippen LogP contribution in [0.15, 0.2) is 24.5 Å². The molecule has 0 aliphatic rings. The number of methoxy groups -OCH3 is 2. The van der Waals surface area contributed by atoms with Crippen LogP contribution in [-0.2, 0) is 14.2 Å². The summed E-state index contributed by atoms with van der Waals surface area (Å²) in [7, 11) is 2.50. The number of nitrogens with zero attached hydrogens (tertiary/aromatic N) is 2. The summed E-state index contributed by atoms with van der Waals surface area (Å²) in [6.07, 6.45) is 1.36. The molecule has 3 aromatic rings. The second-order valence-corrected chi connectivity index (χ2v) is 7.09. The first-order valence-electron chi connectivity index (χ1n) is 8.89. The third kappa shape index (κ3) is 4.08. The van der Waals surface area contributed by atoms with Gasteiger partial charge in [0.05, 0.1) is 37.3 Å². The molecule has 0 aliphatic carbocycles. The molecule has 156 valence electrons. The number of aryl methyl sites for hydroxylation is 1. The summed E-state index contributed by atoms with van der Waals surface area (Å²) in [6.45, 7) is 3.78. The minimum absolute atomic E-state index is 0.169. The van der Waals surface area contributed by atoms with Gasteiger partial charge in [0.1, 0.15) is 21.9 Å². The van der Waals surface area contributed by atoms with Crippen LogP contribution in [0, 0.1) is 6.92 Å². The highest BCUT2D eigenvalue weighted by atomic mass is 32.1. The first-order chi connectivity index (χ1) is 14.4. The van der Waals surface area contributed by atoms with E-state index in [2.05, 4.69) is 15.3 Å². The van der Waals surface area contributed by atoms with E-state index in [1.807, 2.05) is 0 Å². The molecule has 0 saturated heterocycles. The monoisotopic (exact) mass is 429 g/mol. The number of benzene rings is 1. The molecular formula is C20H19N3O6S. The zero-order valence-electron chi connectivity index (χ0n) is 16.8. The van der Waals surface area contributed by atoms with Crippen LogP contribution < -0.4 is 5.32 Å². The van der Waals surface area contributed by atoms with Gasteiger partial charge >= 0.3 is 17.9 Å². The second-order valence-electron chi connectivity index (χ2n) is 6.09. The van der Waals surface area contributed by atoms with Crippen molar-refractivity contribution in [2.75, 3.05) is 26.1 Å². The molecule has 2 aromatic heterocycles. The highest BCUT2D eigenvalue weighted by Crippen LogP contribution is 2.35. The van der Waals surface area contributed by atoms with Crippen molar-refractivity contribution >= 4 is 51.0 Å². The van der Waals surface area contributed by atoms with Crippen molar-refractivity contribution < 1.29 is 28.6 Å².